The van der Waals surface area contributed by atoms with Gasteiger partial charge in [0.2, 0.25) is 5.91 Å². The van der Waals surface area contributed by atoms with Crippen molar-refractivity contribution in [3.63, 3.8) is 0 Å². The molecule has 1 heterocycles. The first-order valence-corrected chi connectivity index (χ1v) is 9.72. The van der Waals surface area contributed by atoms with Crippen LogP contribution in [0.5, 0.6) is 5.75 Å². The Kier molecular flexibility index (Phi) is 7.15. The number of anilines is 2. The Bertz CT molecular complexity index is 1230. The number of Topliss-reactive ketones (excluding diaryl/α,β-unsaturated/α-hetero) is 1. The minimum Gasteiger partial charge on any atom is -0.496 e. The normalized spacial score (nSPS) is 10.9. The molecule has 8 nitrogen and oxygen atoms in total. The number of hydrogen-bond acceptors (Lipinski definition) is 5. The van der Waals surface area contributed by atoms with Crippen LogP contribution in [0.1, 0.15) is 22.3 Å². The molecule has 1 aromatic heterocycles. The number of carbonyl (C=O) groups is 3. The van der Waals surface area contributed by atoms with E-state index >= 15 is 0 Å². The van der Waals surface area contributed by atoms with Gasteiger partial charge in [-0.3, -0.25) is 19.9 Å². The number of ketones is 1. The van der Waals surface area contributed by atoms with Crippen LogP contribution >= 0.6 is 0 Å². The van der Waals surface area contributed by atoms with Crippen LogP contribution in [-0.2, 0) is 11.0 Å². The number of benzene rings is 2. The van der Waals surface area contributed by atoms with Crippen LogP contribution in [0.2, 0.25) is 0 Å². The fraction of sp³-hybridized carbons (Fsp3) is 0.130. The summed E-state index contributed by atoms with van der Waals surface area (Å²) in [7, 11) is 0.991. The van der Waals surface area contributed by atoms with E-state index in [1.165, 1.54) is 6.07 Å². The summed E-state index contributed by atoms with van der Waals surface area (Å²) in [5.41, 5.74) is -0.594. The molecule has 2 aromatic carbocycles. The molecule has 0 atom stereocenters. The molecule has 0 spiro atoms. The molecule has 0 unspecified atom stereocenters. The molecule has 11 heteroatoms. The first-order valence-electron chi connectivity index (χ1n) is 9.72. The Balaban J connectivity index is 1.84. The number of ether oxygens (including phenoxy) is 1. The van der Waals surface area contributed by atoms with Crippen molar-refractivity contribution >= 4 is 29.2 Å². The summed E-state index contributed by atoms with van der Waals surface area (Å²) >= 11 is 0. The lowest BCUT2D eigenvalue weighted by molar-refractivity contribution is -0.138. The minimum atomic E-state index is -4.84. The lowest BCUT2D eigenvalue weighted by atomic mass is 10.0. The third-order valence-corrected chi connectivity index (χ3v) is 4.63. The molecule has 2 amide bonds. The monoisotopic (exact) mass is 473 g/mol. The van der Waals surface area contributed by atoms with Gasteiger partial charge in [0.25, 0.3) is 0 Å². The van der Waals surface area contributed by atoms with Crippen molar-refractivity contribution in [1.29, 1.82) is 0 Å². The lowest BCUT2D eigenvalue weighted by Crippen LogP contribution is -2.19. The molecule has 0 fully saturated rings. The lowest BCUT2D eigenvalue weighted by Gasteiger charge is -2.17. The highest BCUT2D eigenvalue weighted by molar-refractivity contribution is 6.12. The molecule has 0 bridgehead atoms. The Hall–Kier alpha value is -4.41. The summed E-state index contributed by atoms with van der Waals surface area (Å²) < 4.78 is 44.8. The molecule has 34 heavy (non-hydrogen) atoms. The molecule has 3 aromatic rings. The zero-order valence-electron chi connectivity index (χ0n) is 17.6. The van der Waals surface area contributed by atoms with Gasteiger partial charge in [0.1, 0.15) is 5.75 Å². The van der Waals surface area contributed by atoms with Gasteiger partial charge in [0.15, 0.2) is 5.78 Å². The van der Waals surface area contributed by atoms with Crippen LogP contribution in [0.3, 0.4) is 0 Å². The molecular formula is C23H18F3N3O5. The maximum absolute atomic E-state index is 13.4. The number of alkyl halides is 3. The van der Waals surface area contributed by atoms with Crippen molar-refractivity contribution in [3.05, 3.63) is 71.9 Å². The molecular weight excluding hydrogens is 455 g/mol. The van der Waals surface area contributed by atoms with Crippen molar-refractivity contribution in [2.24, 2.45) is 0 Å². The van der Waals surface area contributed by atoms with Gasteiger partial charge in [0.05, 0.1) is 36.2 Å². The number of methoxy groups -OCH3 is 1. The minimum absolute atomic E-state index is 0.202. The first kappa shape index (κ1) is 24.2. The van der Waals surface area contributed by atoms with Gasteiger partial charge in [-0.15, -0.1) is 0 Å². The van der Waals surface area contributed by atoms with E-state index < -0.39 is 47.4 Å². The SMILES string of the molecule is COc1cc(NC(=O)O)c(NC(=O)CC(=O)c2cccc(-c3ccccn3)c2)cc1C(F)(F)F. The average molecular weight is 473 g/mol. The van der Waals surface area contributed by atoms with E-state index in [9.17, 15) is 27.6 Å². The number of rotatable bonds is 7. The van der Waals surface area contributed by atoms with E-state index in [4.69, 9.17) is 9.84 Å². The molecule has 0 aliphatic rings. The van der Waals surface area contributed by atoms with Gasteiger partial charge in [0, 0.05) is 23.4 Å². The highest BCUT2D eigenvalue weighted by atomic mass is 19.4. The maximum atomic E-state index is 13.4. The molecule has 3 N–H and O–H groups in total. The number of nitrogens with one attached hydrogen (secondary N) is 2. The Morgan fingerprint density at radius 1 is 1.00 bits per heavy atom. The highest BCUT2D eigenvalue weighted by Crippen LogP contribution is 2.41. The van der Waals surface area contributed by atoms with Crippen molar-refractivity contribution in [2.45, 2.75) is 12.6 Å². The van der Waals surface area contributed by atoms with Gasteiger partial charge in [-0.1, -0.05) is 24.3 Å². The Morgan fingerprint density at radius 3 is 2.35 bits per heavy atom. The van der Waals surface area contributed by atoms with E-state index in [1.54, 1.807) is 42.6 Å². The van der Waals surface area contributed by atoms with Crippen LogP contribution in [0, 0.1) is 0 Å². The third-order valence-electron chi connectivity index (χ3n) is 4.63. The molecule has 0 saturated carbocycles. The number of pyridine rings is 1. The van der Waals surface area contributed by atoms with Crippen LogP contribution in [0.25, 0.3) is 11.3 Å². The van der Waals surface area contributed by atoms with Crippen LogP contribution < -0.4 is 15.4 Å². The van der Waals surface area contributed by atoms with E-state index in [1.807, 2.05) is 5.32 Å². The van der Waals surface area contributed by atoms with Crippen molar-refractivity contribution in [2.75, 3.05) is 17.7 Å². The Labute approximate surface area is 191 Å². The average Bonchev–Trinajstić information content (AvgIpc) is 2.79. The van der Waals surface area contributed by atoms with Crippen molar-refractivity contribution < 1.29 is 37.4 Å². The summed E-state index contributed by atoms with van der Waals surface area (Å²) in [5.74, 6) is -2.16. The highest BCUT2D eigenvalue weighted by Gasteiger charge is 2.35. The first-order chi connectivity index (χ1) is 16.1. The van der Waals surface area contributed by atoms with Crippen LogP contribution in [0.15, 0.2) is 60.8 Å². The van der Waals surface area contributed by atoms with E-state index in [-0.39, 0.29) is 11.3 Å². The van der Waals surface area contributed by atoms with Gasteiger partial charge in [-0.25, -0.2) is 4.79 Å². The zero-order valence-corrected chi connectivity index (χ0v) is 17.6. The zero-order chi connectivity index (χ0) is 24.9. The second-order valence-corrected chi connectivity index (χ2v) is 6.97. The van der Waals surface area contributed by atoms with Crippen LogP contribution in [-0.4, -0.2) is 35.0 Å². The van der Waals surface area contributed by atoms with E-state index in [0.717, 1.165) is 13.2 Å². The Morgan fingerprint density at radius 2 is 1.74 bits per heavy atom. The van der Waals surface area contributed by atoms with Gasteiger partial charge >= 0.3 is 12.3 Å². The maximum Gasteiger partial charge on any atom is 0.420 e. The quantitative estimate of drug-likeness (QED) is 0.326. The molecule has 176 valence electrons. The largest absolute Gasteiger partial charge is 0.496 e. The predicted octanol–water partition coefficient (Wildman–Crippen LogP) is 5.08. The van der Waals surface area contributed by atoms with E-state index in [2.05, 4.69) is 10.3 Å². The number of aromatic nitrogens is 1. The summed E-state index contributed by atoms with van der Waals surface area (Å²) in [4.78, 5) is 40.3. The van der Waals surface area contributed by atoms with Crippen molar-refractivity contribution in [1.82, 2.24) is 4.98 Å². The molecule has 0 saturated heterocycles. The summed E-state index contributed by atoms with van der Waals surface area (Å²) in [6.07, 6.45) is -5.51. The van der Waals surface area contributed by atoms with Crippen LogP contribution in [0.4, 0.5) is 29.3 Å². The number of hydrogen-bond donors (Lipinski definition) is 3. The molecule has 0 aliphatic carbocycles. The topological polar surface area (TPSA) is 118 Å². The fourth-order valence-electron chi connectivity index (χ4n) is 3.12. The van der Waals surface area contributed by atoms with Crippen molar-refractivity contribution in [3.8, 4) is 17.0 Å². The number of carboxylic acid groups (broad SMARTS) is 1. The second kappa shape index (κ2) is 10.0. The van der Waals surface area contributed by atoms with Gasteiger partial charge in [-0.2, -0.15) is 13.2 Å². The molecule has 0 radical (unpaired) electrons. The summed E-state index contributed by atoms with van der Waals surface area (Å²) in [6.45, 7) is 0. The molecule has 3 rings (SSSR count). The van der Waals surface area contributed by atoms with Gasteiger partial charge in [-0.05, 0) is 24.3 Å². The summed E-state index contributed by atoms with van der Waals surface area (Å²) in [5, 5.41) is 13.1. The van der Waals surface area contributed by atoms with E-state index in [0.29, 0.717) is 17.3 Å². The predicted molar refractivity (Wildman–Crippen MR) is 117 cm³/mol. The number of carbonyl (C=O) groups excluding carboxylic acids is 2. The second-order valence-electron chi connectivity index (χ2n) is 6.97. The number of nitrogens with zero attached hydrogens (tertiary/aromatic N) is 1. The third kappa shape index (κ3) is 5.88. The molecule has 0 aliphatic heterocycles. The number of amides is 2. The standard InChI is InChI=1S/C23H18F3N3O5/c1-34-20-11-18(29-22(32)33)17(10-15(20)23(24,25)26)28-21(31)12-19(30)14-6-4-5-13(9-14)16-7-2-3-8-27-16/h2-11,29H,12H2,1H3,(H,28,31)(H,32,33). The van der Waals surface area contributed by atoms with Gasteiger partial charge < -0.3 is 15.2 Å². The number of halogens is 3. The summed E-state index contributed by atoms with van der Waals surface area (Å²) in [6, 6.07) is 13.0. The fourth-order valence-corrected chi connectivity index (χ4v) is 3.12. The smallest absolute Gasteiger partial charge is 0.420 e.